The van der Waals surface area contributed by atoms with Gasteiger partial charge in [0.05, 0.1) is 0 Å². The Bertz CT molecular complexity index is 881. The highest BCUT2D eigenvalue weighted by atomic mass is 14.0. The van der Waals surface area contributed by atoms with Gasteiger partial charge in [-0.2, -0.15) is 0 Å². The van der Waals surface area contributed by atoms with Crippen LogP contribution in [0, 0.1) is 0 Å². The van der Waals surface area contributed by atoms with Gasteiger partial charge in [-0.3, -0.25) is 0 Å². The molecule has 0 saturated heterocycles. The summed E-state index contributed by atoms with van der Waals surface area (Å²) < 4.78 is 0. The summed E-state index contributed by atoms with van der Waals surface area (Å²) >= 11 is 0. The van der Waals surface area contributed by atoms with Crippen LogP contribution < -0.4 is 0 Å². The average Bonchev–Trinajstić information content (AvgIpc) is 2.82. The van der Waals surface area contributed by atoms with Gasteiger partial charge in [-0.25, -0.2) is 0 Å². The lowest BCUT2D eigenvalue weighted by molar-refractivity contribution is 0.922. The van der Waals surface area contributed by atoms with Gasteiger partial charge in [0.2, 0.25) is 0 Å². The van der Waals surface area contributed by atoms with E-state index in [4.69, 9.17) is 0 Å². The van der Waals surface area contributed by atoms with E-state index in [9.17, 15) is 0 Å². The second-order valence-electron chi connectivity index (χ2n) is 7.63. The van der Waals surface area contributed by atoms with Gasteiger partial charge >= 0.3 is 0 Å². The van der Waals surface area contributed by atoms with E-state index in [0.29, 0.717) is 0 Å². The number of hydrogen-bond acceptors (Lipinski definition) is 0. The summed E-state index contributed by atoms with van der Waals surface area (Å²) in [6.07, 6.45) is 4.78. The van der Waals surface area contributed by atoms with Gasteiger partial charge in [-0.15, -0.1) is 0 Å². The number of rotatable bonds is 6. The maximum atomic E-state index is 2.23. The lowest BCUT2D eigenvalue weighted by Gasteiger charge is -2.03. The van der Waals surface area contributed by atoms with Gasteiger partial charge < -0.3 is 0 Å². The molecular formula is C30H32. The van der Waals surface area contributed by atoms with Crippen molar-refractivity contribution in [3.05, 3.63) is 120 Å². The molecule has 0 aliphatic carbocycles. The topological polar surface area (TPSA) is 0 Å². The molecule has 0 amide bonds. The molecule has 4 aromatic carbocycles. The van der Waals surface area contributed by atoms with E-state index in [1.807, 2.05) is 0 Å². The zero-order valence-corrected chi connectivity index (χ0v) is 18.2. The van der Waals surface area contributed by atoms with Crippen LogP contribution in [0.4, 0.5) is 0 Å². The molecule has 0 unspecified atom stereocenters. The van der Waals surface area contributed by atoms with E-state index in [2.05, 4.69) is 123 Å². The van der Waals surface area contributed by atoms with Crippen molar-refractivity contribution in [3.8, 4) is 22.3 Å². The quantitative estimate of drug-likeness (QED) is 0.308. The lowest BCUT2D eigenvalue weighted by Crippen LogP contribution is -1.83. The molecule has 30 heavy (non-hydrogen) atoms. The standard InChI is InChI=1S/2C15H16/c2*1-2-6-13-9-11-15(12-10-13)14-7-4-3-5-8-14/h2*3-5,7-12H,2,6H2,1H3. The first-order valence-electron chi connectivity index (χ1n) is 11.1. The van der Waals surface area contributed by atoms with E-state index in [1.54, 1.807) is 0 Å². The zero-order valence-electron chi connectivity index (χ0n) is 18.2. The first-order chi connectivity index (χ1) is 14.8. The van der Waals surface area contributed by atoms with Gasteiger partial charge in [0.15, 0.2) is 0 Å². The molecule has 0 aliphatic heterocycles. The van der Waals surface area contributed by atoms with Crippen LogP contribution in [0.5, 0.6) is 0 Å². The fourth-order valence-electron chi connectivity index (χ4n) is 3.57. The van der Waals surface area contributed by atoms with E-state index in [0.717, 1.165) is 0 Å². The molecule has 0 bridgehead atoms. The summed E-state index contributed by atoms with van der Waals surface area (Å²) in [6.45, 7) is 4.43. The Morgan fingerprint density at radius 1 is 0.367 bits per heavy atom. The molecule has 0 spiro atoms. The minimum atomic E-state index is 1.18. The van der Waals surface area contributed by atoms with Gasteiger partial charge in [-0.1, -0.05) is 136 Å². The molecule has 0 N–H and O–H groups in total. The Kier molecular flexibility index (Phi) is 8.47. The lowest BCUT2D eigenvalue weighted by atomic mass is 10.0. The zero-order chi connectivity index (χ0) is 21.0. The Labute approximate surface area is 182 Å². The second-order valence-corrected chi connectivity index (χ2v) is 7.63. The van der Waals surface area contributed by atoms with Gasteiger partial charge in [-0.05, 0) is 46.2 Å². The summed E-state index contributed by atoms with van der Waals surface area (Å²) in [5, 5.41) is 0. The van der Waals surface area contributed by atoms with Crippen LogP contribution in [0.1, 0.15) is 37.8 Å². The molecule has 152 valence electrons. The van der Waals surface area contributed by atoms with Crippen LogP contribution in [-0.2, 0) is 12.8 Å². The number of aryl methyl sites for hydroxylation is 2. The Morgan fingerprint density at radius 2 is 0.667 bits per heavy atom. The van der Waals surface area contributed by atoms with Crippen LogP contribution >= 0.6 is 0 Å². The Morgan fingerprint density at radius 3 is 0.967 bits per heavy atom. The highest BCUT2D eigenvalue weighted by Gasteiger charge is 1.97. The highest BCUT2D eigenvalue weighted by molar-refractivity contribution is 5.64. The molecule has 0 nitrogen and oxygen atoms in total. The molecule has 0 aromatic heterocycles. The minimum Gasteiger partial charge on any atom is -0.0651 e. The van der Waals surface area contributed by atoms with Crippen molar-refractivity contribution >= 4 is 0 Å². The summed E-state index contributed by atoms with van der Waals surface area (Å²) in [5.41, 5.74) is 8.04. The largest absolute Gasteiger partial charge is 0.0651 e. The third-order valence-corrected chi connectivity index (χ3v) is 5.20. The van der Waals surface area contributed by atoms with E-state index in [-0.39, 0.29) is 0 Å². The first kappa shape index (κ1) is 21.6. The van der Waals surface area contributed by atoms with Crippen molar-refractivity contribution in [2.75, 3.05) is 0 Å². The molecule has 0 heterocycles. The maximum Gasteiger partial charge on any atom is -0.0184 e. The molecule has 0 heteroatoms. The third-order valence-electron chi connectivity index (χ3n) is 5.20. The van der Waals surface area contributed by atoms with Gasteiger partial charge in [0.1, 0.15) is 0 Å². The number of benzene rings is 4. The summed E-state index contributed by atoms with van der Waals surface area (Å²) in [5.74, 6) is 0. The molecule has 4 aromatic rings. The number of hydrogen-bond donors (Lipinski definition) is 0. The van der Waals surface area contributed by atoms with Crippen molar-refractivity contribution in [2.24, 2.45) is 0 Å². The van der Waals surface area contributed by atoms with E-state index < -0.39 is 0 Å². The summed E-state index contributed by atoms with van der Waals surface area (Å²) in [4.78, 5) is 0. The monoisotopic (exact) mass is 392 g/mol. The van der Waals surface area contributed by atoms with Crippen LogP contribution in [0.25, 0.3) is 22.3 Å². The van der Waals surface area contributed by atoms with Crippen LogP contribution in [0.2, 0.25) is 0 Å². The predicted octanol–water partition coefficient (Wildman–Crippen LogP) is 8.61. The van der Waals surface area contributed by atoms with Crippen molar-refractivity contribution in [3.63, 3.8) is 0 Å². The summed E-state index contributed by atoms with van der Waals surface area (Å²) in [7, 11) is 0. The SMILES string of the molecule is CCCc1ccc(-c2ccccc2)cc1.CCCc1ccc(-c2ccccc2)cc1. The Hall–Kier alpha value is -3.12. The molecule has 0 aliphatic rings. The normalized spacial score (nSPS) is 10.2. The molecular weight excluding hydrogens is 360 g/mol. The van der Waals surface area contributed by atoms with Gasteiger partial charge in [0.25, 0.3) is 0 Å². The fourth-order valence-corrected chi connectivity index (χ4v) is 3.57. The van der Waals surface area contributed by atoms with Crippen molar-refractivity contribution in [1.29, 1.82) is 0 Å². The van der Waals surface area contributed by atoms with E-state index in [1.165, 1.54) is 59.1 Å². The first-order valence-corrected chi connectivity index (χ1v) is 11.1. The van der Waals surface area contributed by atoms with Crippen molar-refractivity contribution in [2.45, 2.75) is 39.5 Å². The van der Waals surface area contributed by atoms with Crippen LogP contribution in [0.3, 0.4) is 0 Å². The fraction of sp³-hybridized carbons (Fsp3) is 0.200. The molecule has 4 rings (SSSR count). The molecule has 0 atom stereocenters. The summed E-state index contributed by atoms with van der Waals surface area (Å²) in [6, 6.07) is 38.8. The highest BCUT2D eigenvalue weighted by Crippen LogP contribution is 2.20. The maximum absolute atomic E-state index is 2.23. The third kappa shape index (κ3) is 6.46. The van der Waals surface area contributed by atoms with E-state index >= 15 is 0 Å². The molecule has 0 fully saturated rings. The minimum absolute atomic E-state index is 1.18. The van der Waals surface area contributed by atoms with Gasteiger partial charge in [0, 0.05) is 0 Å². The average molecular weight is 393 g/mol. The smallest absolute Gasteiger partial charge is 0.0184 e. The Balaban J connectivity index is 0.000000171. The van der Waals surface area contributed by atoms with Crippen molar-refractivity contribution in [1.82, 2.24) is 0 Å². The molecule has 0 saturated carbocycles. The van der Waals surface area contributed by atoms with Crippen LogP contribution in [0.15, 0.2) is 109 Å². The van der Waals surface area contributed by atoms with Crippen LogP contribution in [-0.4, -0.2) is 0 Å². The molecule has 0 radical (unpaired) electrons. The van der Waals surface area contributed by atoms with Crippen molar-refractivity contribution < 1.29 is 0 Å². The second kappa shape index (κ2) is 11.8. The predicted molar refractivity (Wildman–Crippen MR) is 132 cm³/mol.